The highest BCUT2D eigenvalue weighted by Gasteiger charge is 2.46. The lowest BCUT2D eigenvalue weighted by atomic mass is 9.97. The molecule has 6 heteroatoms. The van der Waals surface area contributed by atoms with Crippen LogP contribution in [0.1, 0.15) is 48.4 Å². The number of ketones is 2. The van der Waals surface area contributed by atoms with Crippen molar-refractivity contribution in [3.63, 3.8) is 0 Å². The summed E-state index contributed by atoms with van der Waals surface area (Å²) in [5.41, 5.74) is 0.399. The van der Waals surface area contributed by atoms with Crippen LogP contribution in [-0.2, 0) is 4.74 Å². The van der Waals surface area contributed by atoms with Crippen LogP contribution in [0.5, 0.6) is 0 Å². The zero-order valence-corrected chi connectivity index (χ0v) is 14.5. The number of carbonyl (C=O) groups excluding carboxylic acids is 2. The van der Waals surface area contributed by atoms with Crippen LogP contribution in [0.15, 0.2) is 24.3 Å². The molecule has 0 heterocycles. The monoisotopic (exact) mass is 332 g/mol. The average Bonchev–Trinajstić information content (AvgIpc) is 2.86. The number of alkyl halides is 2. The Bertz CT molecular complexity index is 440. The molecule has 1 N–H and O–H groups in total. The number of ether oxygens (including phenoxy) is 1. The second-order valence-corrected chi connectivity index (χ2v) is 3.79. The number of fused-ring (bicyclic) bond motifs is 1. The van der Waals surface area contributed by atoms with Crippen LogP contribution in [0.4, 0.5) is 8.78 Å². The zero-order chi connectivity index (χ0) is 18.6. The van der Waals surface area contributed by atoms with Crippen LogP contribution in [0.2, 0.25) is 0 Å². The molecule has 0 aromatic heterocycles. The first-order chi connectivity index (χ1) is 11.1. The number of aliphatic hydroxyl groups is 1. The van der Waals surface area contributed by atoms with Crippen molar-refractivity contribution >= 4 is 11.6 Å². The van der Waals surface area contributed by atoms with Crippen molar-refractivity contribution < 1.29 is 28.2 Å². The predicted octanol–water partition coefficient (Wildman–Crippen LogP) is 3.62. The summed E-state index contributed by atoms with van der Waals surface area (Å²) in [6.07, 6.45) is -4.55. The molecular formula is C17H26F2O4. The molecule has 132 valence electrons. The van der Waals surface area contributed by atoms with Crippen LogP contribution in [0, 0.1) is 5.92 Å². The molecule has 4 nitrogen and oxygen atoms in total. The number of halogens is 2. The van der Waals surface area contributed by atoms with E-state index in [1.54, 1.807) is 12.1 Å². The van der Waals surface area contributed by atoms with Gasteiger partial charge in [0.25, 0.3) is 6.43 Å². The van der Waals surface area contributed by atoms with Gasteiger partial charge in [-0.2, -0.15) is 0 Å². The first-order valence-electron chi connectivity index (χ1n) is 7.51. The number of hydrogen-bond donors (Lipinski definition) is 1. The van der Waals surface area contributed by atoms with Crippen molar-refractivity contribution in [3.05, 3.63) is 35.4 Å². The Hall–Kier alpha value is -1.66. The molecule has 1 atom stereocenters. The molecule has 1 aliphatic rings. The maximum Gasteiger partial charge on any atom is 0.265 e. The largest absolute Gasteiger partial charge is 0.400 e. The number of aliphatic hydroxyl groups excluding tert-OH is 1. The maximum absolute atomic E-state index is 12.7. The number of carbonyl (C=O) groups is 2. The Balaban J connectivity index is 0. The van der Waals surface area contributed by atoms with Crippen molar-refractivity contribution in [3.8, 4) is 0 Å². The van der Waals surface area contributed by atoms with Gasteiger partial charge in [0.05, 0.1) is 0 Å². The topological polar surface area (TPSA) is 63.6 Å². The van der Waals surface area contributed by atoms with E-state index in [0.717, 1.165) is 14.2 Å². The maximum atomic E-state index is 12.7. The Morgan fingerprint density at radius 3 is 1.57 bits per heavy atom. The minimum absolute atomic E-state index is 0.199. The molecule has 1 aliphatic carbocycles. The van der Waals surface area contributed by atoms with E-state index in [1.165, 1.54) is 12.1 Å². The third-order valence-electron chi connectivity index (χ3n) is 2.87. The Morgan fingerprint density at radius 2 is 1.30 bits per heavy atom. The number of hydrogen-bond acceptors (Lipinski definition) is 4. The van der Waals surface area contributed by atoms with Crippen LogP contribution < -0.4 is 0 Å². The Kier molecular flexibility index (Phi) is 13.2. The minimum Gasteiger partial charge on any atom is -0.400 e. The zero-order valence-electron chi connectivity index (χ0n) is 14.5. The fourth-order valence-electron chi connectivity index (χ4n) is 2.05. The van der Waals surface area contributed by atoms with E-state index in [2.05, 4.69) is 4.74 Å². The van der Waals surface area contributed by atoms with E-state index in [-0.39, 0.29) is 11.1 Å². The molecule has 0 aliphatic heterocycles. The number of Topliss-reactive ketones (excluding diaryl/α,β-unsaturated/α-hetero) is 2. The average molecular weight is 332 g/mol. The van der Waals surface area contributed by atoms with Crippen LogP contribution in [-0.4, -0.2) is 43.4 Å². The predicted molar refractivity (Wildman–Crippen MR) is 86.2 cm³/mol. The first kappa shape index (κ1) is 23.6. The molecule has 0 fully saturated rings. The highest BCUT2D eigenvalue weighted by Crippen LogP contribution is 2.31. The van der Waals surface area contributed by atoms with Gasteiger partial charge in [0.2, 0.25) is 0 Å². The van der Waals surface area contributed by atoms with Gasteiger partial charge in [-0.15, -0.1) is 0 Å². The molecule has 2 rings (SSSR count). The van der Waals surface area contributed by atoms with E-state index >= 15 is 0 Å². The second-order valence-electron chi connectivity index (χ2n) is 3.79. The van der Waals surface area contributed by atoms with Crippen molar-refractivity contribution in [2.45, 2.75) is 40.2 Å². The molecule has 0 spiro atoms. The summed E-state index contributed by atoms with van der Waals surface area (Å²) in [6.45, 7) is 8.00. The molecule has 0 radical (unpaired) electrons. The van der Waals surface area contributed by atoms with Crippen LogP contribution in [0.3, 0.4) is 0 Å². The van der Waals surface area contributed by atoms with Crippen molar-refractivity contribution in [2.75, 3.05) is 14.2 Å². The number of methoxy groups -OCH3 is 1. The summed E-state index contributed by atoms with van der Waals surface area (Å²) in [7, 11) is 2.07. The van der Waals surface area contributed by atoms with Gasteiger partial charge in [0.15, 0.2) is 11.6 Å². The molecule has 1 aromatic rings. The van der Waals surface area contributed by atoms with Crippen LogP contribution >= 0.6 is 0 Å². The summed E-state index contributed by atoms with van der Waals surface area (Å²) < 4.78 is 30.0. The minimum atomic E-state index is -2.87. The van der Waals surface area contributed by atoms with E-state index in [9.17, 15) is 18.4 Å². The smallest absolute Gasteiger partial charge is 0.265 e. The molecule has 1 unspecified atom stereocenters. The highest BCUT2D eigenvalue weighted by molar-refractivity contribution is 6.26. The number of rotatable bonds is 3. The normalized spacial score (nSPS) is 13.8. The quantitative estimate of drug-likeness (QED) is 0.859. The van der Waals surface area contributed by atoms with Gasteiger partial charge in [-0.1, -0.05) is 52.0 Å². The van der Waals surface area contributed by atoms with Gasteiger partial charge < -0.3 is 9.84 Å². The fourth-order valence-corrected chi connectivity index (χ4v) is 2.05. The van der Waals surface area contributed by atoms with Gasteiger partial charge in [0.1, 0.15) is 12.0 Å². The molecule has 0 amide bonds. The Morgan fingerprint density at radius 1 is 0.957 bits per heavy atom. The van der Waals surface area contributed by atoms with E-state index in [0.29, 0.717) is 0 Å². The summed E-state index contributed by atoms with van der Waals surface area (Å²) in [5, 5.41) is 7.00. The second kappa shape index (κ2) is 12.8. The lowest BCUT2D eigenvalue weighted by Crippen LogP contribution is -2.37. The Labute approximate surface area is 136 Å². The third-order valence-corrected chi connectivity index (χ3v) is 2.87. The van der Waals surface area contributed by atoms with Gasteiger partial charge in [-0.3, -0.25) is 9.59 Å². The lowest BCUT2D eigenvalue weighted by Gasteiger charge is -2.18. The first-order valence-corrected chi connectivity index (χ1v) is 7.51. The number of benzene rings is 1. The lowest BCUT2D eigenvalue weighted by molar-refractivity contribution is -0.0500. The van der Waals surface area contributed by atoms with Gasteiger partial charge in [-0.25, -0.2) is 8.78 Å². The summed E-state index contributed by atoms with van der Waals surface area (Å²) >= 11 is 0. The van der Waals surface area contributed by atoms with Crippen molar-refractivity contribution in [1.82, 2.24) is 0 Å². The summed E-state index contributed by atoms with van der Waals surface area (Å²) in [5.74, 6) is -2.59. The molecule has 0 bridgehead atoms. The van der Waals surface area contributed by atoms with Gasteiger partial charge >= 0.3 is 0 Å². The molecule has 1 aromatic carbocycles. The van der Waals surface area contributed by atoms with Crippen molar-refractivity contribution in [1.29, 1.82) is 0 Å². The van der Waals surface area contributed by atoms with Gasteiger partial charge in [-0.05, 0) is 0 Å². The van der Waals surface area contributed by atoms with Gasteiger partial charge in [0, 0.05) is 25.3 Å². The standard InChI is InChI=1S/C12H10F2O3.2C2H6.CH4O/c1-17-11(12(13)14)8-9(15)6-4-2-3-5-7(6)10(8)16;3*1-2/h2-5,8,11-12H,1H3;2*1-2H3;2H,1H3. The summed E-state index contributed by atoms with van der Waals surface area (Å²) in [6, 6.07) is 6.12. The van der Waals surface area contributed by atoms with E-state index in [4.69, 9.17) is 5.11 Å². The molecular weight excluding hydrogens is 306 g/mol. The highest BCUT2D eigenvalue weighted by atomic mass is 19.3. The summed E-state index contributed by atoms with van der Waals surface area (Å²) in [4.78, 5) is 23.8. The fraction of sp³-hybridized carbons (Fsp3) is 0.529. The third kappa shape index (κ3) is 5.48. The van der Waals surface area contributed by atoms with E-state index in [1.807, 2.05) is 27.7 Å². The van der Waals surface area contributed by atoms with E-state index < -0.39 is 30.0 Å². The molecule has 0 saturated carbocycles. The van der Waals surface area contributed by atoms with Crippen molar-refractivity contribution in [2.24, 2.45) is 5.92 Å². The SMILES string of the molecule is CC.CC.CO.COC(C(F)F)C1C(=O)c2ccccc2C1=O. The molecule has 23 heavy (non-hydrogen) atoms. The van der Waals surface area contributed by atoms with Crippen LogP contribution in [0.25, 0.3) is 0 Å². The molecule has 0 saturated heterocycles.